The molecular weight excluding hydrogens is 212 g/mol. The molecular formula is C10H21BClNO2. The molecule has 5 heteroatoms. The van der Waals surface area contributed by atoms with Gasteiger partial charge >= 0.3 is 7.12 Å². The van der Waals surface area contributed by atoms with E-state index in [0.717, 1.165) is 0 Å². The topological polar surface area (TPSA) is 44.5 Å². The van der Waals surface area contributed by atoms with Gasteiger partial charge in [-0.05, 0) is 34.1 Å². The molecule has 1 unspecified atom stereocenters. The van der Waals surface area contributed by atoms with E-state index in [1.54, 1.807) is 6.08 Å². The Kier molecular flexibility index (Phi) is 4.86. The maximum atomic E-state index is 5.91. The van der Waals surface area contributed by atoms with E-state index in [4.69, 9.17) is 15.0 Å². The molecule has 15 heavy (non-hydrogen) atoms. The quantitative estimate of drug-likeness (QED) is 0.599. The zero-order chi connectivity index (χ0) is 11.0. The van der Waals surface area contributed by atoms with E-state index in [0.29, 0.717) is 6.42 Å². The Morgan fingerprint density at radius 1 is 1.27 bits per heavy atom. The van der Waals surface area contributed by atoms with Gasteiger partial charge in [-0.25, -0.2) is 0 Å². The molecule has 0 amide bonds. The third kappa shape index (κ3) is 2.97. The third-order valence-electron chi connectivity index (χ3n) is 3.06. The molecule has 88 valence electrons. The number of hydrogen-bond acceptors (Lipinski definition) is 3. The first-order valence-electron chi connectivity index (χ1n) is 5.02. The fourth-order valence-corrected chi connectivity index (χ4v) is 1.37. The van der Waals surface area contributed by atoms with Crippen LogP contribution in [0.5, 0.6) is 0 Å². The van der Waals surface area contributed by atoms with Gasteiger partial charge in [0.05, 0.1) is 11.2 Å². The first-order valence-corrected chi connectivity index (χ1v) is 5.02. The normalized spacial score (nSPS) is 24.5. The molecule has 0 radical (unpaired) electrons. The molecule has 0 saturated carbocycles. The Bertz CT molecular complexity index is 217. The van der Waals surface area contributed by atoms with E-state index < -0.39 is 0 Å². The van der Waals surface area contributed by atoms with Gasteiger partial charge in [-0.2, -0.15) is 0 Å². The van der Waals surface area contributed by atoms with Gasteiger partial charge in [-0.15, -0.1) is 19.0 Å². The molecule has 0 bridgehead atoms. The van der Waals surface area contributed by atoms with Gasteiger partial charge in [0.25, 0.3) is 0 Å². The fourth-order valence-electron chi connectivity index (χ4n) is 1.37. The van der Waals surface area contributed by atoms with Crippen molar-refractivity contribution >= 4 is 19.5 Å². The molecule has 0 aromatic carbocycles. The Morgan fingerprint density at radius 3 is 2.00 bits per heavy atom. The molecule has 2 N–H and O–H groups in total. The highest BCUT2D eigenvalue weighted by Crippen LogP contribution is 2.37. The van der Waals surface area contributed by atoms with E-state index in [1.807, 2.05) is 27.7 Å². The Hall–Kier alpha value is -0.0251. The summed E-state index contributed by atoms with van der Waals surface area (Å²) in [4.78, 5) is 0. The van der Waals surface area contributed by atoms with Crippen molar-refractivity contribution in [2.75, 3.05) is 0 Å². The van der Waals surface area contributed by atoms with Crippen molar-refractivity contribution in [3.63, 3.8) is 0 Å². The third-order valence-corrected chi connectivity index (χ3v) is 3.06. The molecule has 3 nitrogen and oxygen atoms in total. The average molecular weight is 234 g/mol. The van der Waals surface area contributed by atoms with Crippen LogP contribution in [0.4, 0.5) is 0 Å². The number of hydrogen-bond donors (Lipinski definition) is 1. The number of halogens is 1. The monoisotopic (exact) mass is 233 g/mol. The summed E-state index contributed by atoms with van der Waals surface area (Å²) in [6.07, 6.45) is 2.49. The summed E-state index contributed by atoms with van der Waals surface area (Å²) in [7, 11) is -0.321. The first kappa shape index (κ1) is 15.0. The van der Waals surface area contributed by atoms with E-state index in [-0.39, 0.29) is 36.7 Å². The second-order valence-electron chi connectivity index (χ2n) is 4.81. The van der Waals surface area contributed by atoms with E-state index >= 15 is 0 Å². The van der Waals surface area contributed by atoms with Gasteiger partial charge in [0.2, 0.25) is 0 Å². The van der Waals surface area contributed by atoms with Gasteiger partial charge in [0, 0.05) is 5.94 Å². The zero-order valence-corrected chi connectivity index (χ0v) is 10.8. The maximum absolute atomic E-state index is 5.91. The van der Waals surface area contributed by atoms with Gasteiger partial charge in [-0.3, -0.25) is 0 Å². The van der Waals surface area contributed by atoms with Crippen molar-refractivity contribution in [3.8, 4) is 0 Å². The minimum atomic E-state index is -0.321. The predicted octanol–water partition coefficient (Wildman–Crippen LogP) is 1.94. The standard InChI is InChI=1S/C10H20BNO2.ClH/c1-6-7-8(12)11-13-9(2,3)10(4,5)14-11;/h6,8H,1,7,12H2,2-5H3;1H. The molecule has 1 fully saturated rings. The first-order chi connectivity index (χ1) is 6.30. The predicted molar refractivity (Wildman–Crippen MR) is 66.1 cm³/mol. The van der Waals surface area contributed by atoms with Crippen LogP contribution in [0.3, 0.4) is 0 Å². The van der Waals surface area contributed by atoms with Crippen LogP contribution >= 0.6 is 12.4 Å². The smallest absolute Gasteiger partial charge is 0.402 e. The van der Waals surface area contributed by atoms with Crippen molar-refractivity contribution in [2.45, 2.75) is 51.3 Å². The molecule has 1 aliphatic heterocycles. The zero-order valence-electron chi connectivity index (χ0n) is 9.95. The van der Waals surface area contributed by atoms with Crippen LogP contribution in [-0.2, 0) is 9.31 Å². The second kappa shape index (κ2) is 4.87. The minimum Gasteiger partial charge on any atom is -0.402 e. The lowest BCUT2D eigenvalue weighted by Gasteiger charge is -2.32. The molecule has 1 rings (SSSR count). The van der Waals surface area contributed by atoms with Crippen LogP contribution in [0, 0.1) is 0 Å². The minimum absolute atomic E-state index is 0. The molecule has 1 aliphatic rings. The molecule has 1 saturated heterocycles. The lowest BCUT2D eigenvalue weighted by molar-refractivity contribution is 0.00578. The lowest BCUT2D eigenvalue weighted by atomic mass is 9.77. The Balaban J connectivity index is 0.00000196. The molecule has 0 aliphatic carbocycles. The number of nitrogens with two attached hydrogens (primary N) is 1. The van der Waals surface area contributed by atoms with E-state index in [9.17, 15) is 0 Å². The van der Waals surface area contributed by atoms with Gasteiger partial charge in [0.15, 0.2) is 0 Å². The SMILES string of the molecule is C=CCC(N)B1OC(C)(C)C(C)(C)O1.Cl. The van der Waals surface area contributed by atoms with Crippen LogP contribution < -0.4 is 5.73 Å². The summed E-state index contributed by atoms with van der Waals surface area (Å²) in [5, 5.41) is 0. The van der Waals surface area contributed by atoms with Crippen LogP contribution in [0.15, 0.2) is 12.7 Å². The average Bonchev–Trinajstić information content (AvgIpc) is 2.22. The molecule has 0 aromatic heterocycles. The van der Waals surface area contributed by atoms with Gasteiger partial charge in [0.1, 0.15) is 0 Å². The molecule has 1 atom stereocenters. The largest absolute Gasteiger partial charge is 0.476 e. The number of rotatable bonds is 3. The Morgan fingerprint density at radius 2 is 1.67 bits per heavy atom. The Labute approximate surface area is 98.9 Å². The van der Waals surface area contributed by atoms with E-state index in [1.165, 1.54) is 0 Å². The van der Waals surface area contributed by atoms with Gasteiger partial charge in [-0.1, -0.05) is 6.08 Å². The molecule has 0 spiro atoms. The summed E-state index contributed by atoms with van der Waals surface area (Å²) in [5.74, 6) is -0.131. The summed E-state index contributed by atoms with van der Waals surface area (Å²) in [5.41, 5.74) is 5.32. The highest BCUT2D eigenvalue weighted by Gasteiger charge is 2.52. The summed E-state index contributed by atoms with van der Waals surface area (Å²) in [6.45, 7) is 11.7. The van der Waals surface area contributed by atoms with Gasteiger partial charge < -0.3 is 15.0 Å². The second-order valence-corrected chi connectivity index (χ2v) is 4.81. The summed E-state index contributed by atoms with van der Waals surface area (Å²) >= 11 is 0. The van der Waals surface area contributed by atoms with Crippen molar-refractivity contribution in [2.24, 2.45) is 5.73 Å². The van der Waals surface area contributed by atoms with Crippen molar-refractivity contribution in [3.05, 3.63) is 12.7 Å². The van der Waals surface area contributed by atoms with Crippen LogP contribution in [0.25, 0.3) is 0 Å². The highest BCUT2D eigenvalue weighted by atomic mass is 35.5. The highest BCUT2D eigenvalue weighted by molar-refractivity contribution is 6.47. The molecule has 0 aromatic rings. The summed E-state index contributed by atoms with van der Waals surface area (Å²) < 4.78 is 11.6. The van der Waals surface area contributed by atoms with Crippen molar-refractivity contribution in [1.82, 2.24) is 0 Å². The summed E-state index contributed by atoms with van der Waals surface area (Å²) in [6, 6.07) is 0. The maximum Gasteiger partial charge on any atom is 0.476 e. The van der Waals surface area contributed by atoms with E-state index in [2.05, 4.69) is 6.58 Å². The fraction of sp³-hybridized carbons (Fsp3) is 0.800. The van der Waals surface area contributed by atoms with Crippen LogP contribution in [-0.4, -0.2) is 24.3 Å². The van der Waals surface area contributed by atoms with Crippen molar-refractivity contribution in [1.29, 1.82) is 0 Å². The molecule has 1 heterocycles. The van der Waals surface area contributed by atoms with Crippen molar-refractivity contribution < 1.29 is 9.31 Å². The lowest BCUT2D eigenvalue weighted by Crippen LogP contribution is -2.41. The van der Waals surface area contributed by atoms with Crippen LogP contribution in [0.1, 0.15) is 34.1 Å². The van der Waals surface area contributed by atoms with Crippen LogP contribution in [0.2, 0.25) is 0 Å².